The van der Waals surface area contributed by atoms with Crippen molar-refractivity contribution in [3.05, 3.63) is 60.4 Å². The van der Waals surface area contributed by atoms with Gasteiger partial charge in [0.15, 0.2) is 0 Å². The van der Waals surface area contributed by atoms with E-state index in [0.29, 0.717) is 0 Å². The van der Waals surface area contributed by atoms with Crippen molar-refractivity contribution in [1.29, 1.82) is 0 Å². The van der Waals surface area contributed by atoms with E-state index in [2.05, 4.69) is 23.5 Å². The van der Waals surface area contributed by atoms with Crippen LogP contribution in [-0.4, -0.2) is 27.1 Å². The van der Waals surface area contributed by atoms with Crippen LogP contribution in [-0.2, 0) is 4.57 Å². The van der Waals surface area contributed by atoms with Gasteiger partial charge in [0, 0.05) is 24.6 Å². The molecule has 5 heteroatoms. The summed E-state index contributed by atoms with van der Waals surface area (Å²) in [6.45, 7) is 7.50. The zero-order valence-electron chi connectivity index (χ0n) is 13.8. The molecule has 2 heterocycles. The molecule has 0 saturated carbocycles. The first-order chi connectivity index (χ1) is 11.1. The average molecular weight is 327 g/mol. The predicted molar refractivity (Wildman–Crippen MR) is 96.2 cm³/mol. The Kier molecular flexibility index (Phi) is 4.38. The van der Waals surface area contributed by atoms with Crippen molar-refractivity contribution in [2.75, 3.05) is 13.1 Å². The van der Waals surface area contributed by atoms with Crippen LogP contribution < -0.4 is 10.7 Å². The van der Waals surface area contributed by atoms with Gasteiger partial charge in [0.25, 0.3) is 0 Å². The maximum Gasteiger partial charge on any atom is 0.225 e. The molecule has 0 unspecified atom stereocenters. The first kappa shape index (κ1) is 16.0. The second-order valence-corrected chi connectivity index (χ2v) is 8.16. The number of rotatable bonds is 5. The van der Waals surface area contributed by atoms with Crippen molar-refractivity contribution in [2.24, 2.45) is 0 Å². The van der Waals surface area contributed by atoms with Crippen molar-refractivity contribution >= 4 is 23.7 Å². The Morgan fingerprint density at radius 1 is 1.04 bits per heavy atom. The van der Waals surface area contributed by atoms with Gasteiger partial charge >= 0.3 is 0 Å². The molecule has 0 fully saturated rings. The highest BCUT2D eigenvalue weighted by atomic mass is 31.2. The summed E-state index contributed by atoms with van der Waals surface area (Å²) in [6.07, 6.45) is 1.95. The topological polar surface area (TPSA) is 37.6 Å². The highest BCUT2D eigenvalue weighted by molar-refractivity contribution is 7.76. The SMILES string of the molecule is CCN(CC)[P@](=O)(c1ccccc1)c1c(C)nc2ccccn12. The number of imidazole rings is 1. The number of hydrogen-bond acceptors (Lipinski definition) is 2. The minimum atomic E-state index is -2.94. The fourth-order valence-corrected chi connectivity index (χ4v) is 6.30. The van der Waals surface area contributed by atoms with Gasteiger partial charge in [-0.05, 0) is 31.2 Å². The van der Waals surface area contributed by atoms with Gasteiger partial charge in [0.2, 0.25) is 7.29 Å². The van der Waals surface area contributed by atoms with Gasteiger partial charge in [0.1, 0.15) is 11.1 Å². The molecule has 0 radical (unpaired) electrons. The van der Waals surface area contributed by atoms with Crippen LogP contribution >= 0.6 is 7.29 Å². The maximum absolute atomic E-state index is 14.3. The van der Waals surface area contributed by atoms with Crippen LogP contribution in [0.5, 0.6) is 0 Å². The molecule has 0 aliphatic heterocycles. The van der Waals surface area contributed by atoms with Crippen LogP contribution in [0.25, 0.3) is 5.65 Å². The van der Waals surface area contributed by atoms with E-state index in [0.717, 1.165) is 35.2 Å². The van der Waals surface area contributed by atoms with E-state index >= 15 is 0 Å². The normalized spacial score (nSPS) is 14.3. The van der Waals surface area contributed by atoms with Crippen molar-refractivity contribution in [1.82, 2.24) is 14.1 Å². The Morgan fingerprint density at radius 3 is 2.35 bits per heavy atom. The predicted octanol–water partition coefficient (Wildman–Crippen LogP) is 3.21. The molecular weight excluding hydrogens is 305 g/mol. The zero-order chi connectivity index (χ0) is 16.4. The third-order valence-electron chi connectivity index (χ3n) is 4.19. The van der Waals surface area contributed by atoms with Crippen LogP contribution in [0.3, 0.4) is 0 Å². The lowest BCUT2D eigenvalue weighted by Gasteiger charge is -2.30. The van der Waals surface area contributed by atoms with Crippen LogP contribution in [0.2, 0.25) is 0 Å². The molecule has 1 atom stereocenters. The molecule has 23 heavy (non-hydrogen) atoms. The first-order valence-corrected chi connectivity index (χ1v) is 9.64. The molecule has 0 aliphatic rings. The molecule has 0 aliphatic carbocycles. The summed E-state index contributed by atoms with van der Waals surface area (Å²) in [5.74, 6) is 0. The van der Waals surface area contributed by atoms with Gasteiger partial charge in [-0.3, -0.25) is 8.97 Å². The van der Waals surface area contributed by atoms with E-state index in [9.17, 15) is 4.57 Å². The van der Waals surface area contributed by atoms with Crippen LogP contribution in [0.4, 0.5) is 0 Å². The molecule has 0 bridgehead atoms. The first-order valence-electron chi connectivity index (χ1n) is 7.98. The minimum absolute atomic E-state index is 0.724. The molecule has 3 aromatic rings. The van der Waals surface area contributed by atoms with Crippen molar-refractivity contribution < 1.29 is 4.57 Å². The third-order valence-corrected chi connectivity index (χ3v) is 7.67. The number of nitrogens with zero attached hydrogens (tertiary/aromatic N) is 3. The highest BCUT2D eigenvalue weighted by Gasteiger charge is 2.37. The minimum Gasteiger partial charge on any atom is -0.296 e. The van der Waals surface area contributed by atoms with Crippen LogP contribution in [0.15, 0.2) is 54.7 Å². The lowest BCUT2D eigenvalue weighted by atomic mass is 10.4. The number of hydrogen-bond donors (Lipinski definition) is 0. The molecule has 0 spiro atoms. The maximum atomic E-state index is 14.3. The Labute approximate surface area is 137 Å². The van der Waals surface area contributed by atoms with Crippen LogP contribution in [0.1, 0.15) is 19.5 Å². The molecule has 2 aromatic heterocycles. The van der Waals surface area contributed by atoms with Crippen molar-refractivity contribution in [2.45, 2.75) is 20.8 Å². The fraction of sp³-hybridized carbons (Fsp3) is 0.278. The molecule has 120 valence electrons. The number of benzene rings is 1. The van der Waals surface area contributed by atoms with E-state index in [-0.39, 0.29) is 0 Å². The summed E-state index contributed by atoms with van der Waals surface area (Å²) in [5, 5.41) is 0.859. The average Bonchev–Trinajstić information content (AvgIpc) is 2.92. The standard InChI is InChI=1S/C18H22N3OP/c1-4-20(5-2)23(22,16-11-7-6-8-12-16)18-15(3)19-17-13-9-10-14-21(17)18/h6-14H,4-5H2,1-3H3/t23-/m0/s1. The van der Waals surface area contributed by atoms with Gasteiger partial charge in [-0.25, -0.2) is 9.65 Å². The summed E-state index contributed by atoms with van der Waals surface area (Å²) in [4.78, 5) is 4.62. The summed E-state index contributed by atoms with van der Waals surface area (Å²) in [5.41, 5.74) is 2.47. The highest BCUT2D eigenvalue weighted by Crippen LogP contribution is 2.47. The number of fused-ring (bicyclic) bond motifs is 1. The van der Waals surface area contributed by atoms with E-state index in [1.807, 2.05) is 66.1 Å². The lowest BCUT2D eigenvalue weighted by Crippen LogP contribution is -2.35. The molecule has 3 rings (SSSR count). The Balaban J connectivity index is 2.36. The second kappa shape index (κ2) is 6.31. The zero-order valence-corrected chi connectivity index (χ0v) is 14.7. The van der Waals surface area contributed by atoms with Crippen LogP contribution in [0, 0.1) is 6.92 Å². The molecule has 0 saturated heterocycles. The van der Waals surface area contributed by atoms with E-state index in [4.69, 9.17) is 0 Å². The third kappa shape index (κ3) is 2.52. The van der Waals surface area contributed by atoms with E-state index in [1.165, 1.54) is 0 Å². The van der Waals surface area contributed by atoms with E-state index in [1.54, 1.807) is 0 Å². The molecule has 4 nitrogen and oxygen atoms in total. The Hall–Kier alpha value is -1.90. The lowest BCUT2D eigenvalue weighted by molar-refractivity contribution is 0.457. The molecule has 0 N–H and O–H groups in total. The summed E-state index contributed by atoms with van der Waals surface area (Å²) >= 11 is 0. The second-order valence-electron chi connectivity index (χ2n) is 5.50. The summed E-state index contributed by atoms with van der Waals surface area (Å²) < 4.78 is 18.4. The number of aryl methyl sites for hydroxylation is 1. The molecule has 0 amide bonds. The smallest absolute Gasteiger partial charge is 0.225 e. The Morgan fingerprint density at radius 2 is 1.70 bits per heavy atom. The fourth-order valence-electron chi connectivity index (χ4n) is 3.14. The van der Waals surface area contributed by atoms with Crippen molar-refractivity contribution in [3.8, 4) is 0 Å². The molecular formula is C18H22N3OP. The number of pyridine rings is 1. The van der Waals surface area contributed by atoms with E-state index < -0.39 is 7.29 Å². The molecule has 1 aromatic carbocycles. The number of aromatic nitrogens is 2. The van der Waals surface area contributed by atoms with Gasteiger partial charge < -0.3 is 0 Å². The van der Waals surface area contributed by atoms with Crippen molar-refractivity contribution in [3.63, 3.8) is 0 Å². The van der Waals surface area contributed by atoms with Gasteiger partial charge in [-0.15, -0.1) is 0 Å². The monoisotopic (exact) mass is 327 g/mol. The van der Waals surface area contributed by atoms with Gasteiger partial charge in [-0.1, -0.05) is 38.1 Å². The van der Waals surface area contributed by atoms with Gasteiger partial charge in [-0.2, -0.15) is 0 Å². The summed E-state index contributed by atoms with van der Waals surface area (Å²) in [6, 6.07) is 15.6. The van der Waals surface area contributed by atoms with Gasteiger partial charge in [0.05, 0.1) is 5.69 Å². The largest absolute Gasteiger partial charge is 0.296 e. The quantitative estimate of drug-likeness (QED) is 0.675. The Bertz CT molecular complexity index is 853. The summed E-state index contributed by atoms with van der Waals surface area (Å²) in [7, 11) is -2.94.